The minimum absolute atomic E-state index is 0.0490. The van der Waals surface area contributed by atoms with Crippen LogP contribution in [0.2, 0.25) is 0 Å². The fourth-order valence-corrected chi connectivity index (χ4v) is 2.92. The first kappa shape index (κ1) is 14.0. The summed E-state index contributed by atoms with van der Waals surface area (Å²) in [4.78, 5) is 13.4. The van der Waals surface area contributed by atoms with Gasteiger partial charge in [0, 0.05) is 19.5 Å². The highest BCUT2D eigenvalue weighted by Crippen LogP contribution is 2.16. The first-order valence-electron chi connectivity index (χ1n) is 5.80. The van der Waals surface area contributed by atoms with Gasteiger partial charge in [0.25, 0.3) is 0 Å². The van der Waals surface area contributed by atoms with Gasteiger partial charge in [-0.2, -0.15) is 5.26 Å². The lowest BCUT2D eigenvalue weighted by molar-refractivity contribution is -0.129. The molecule has 17 heavy (non-hydrogen) atoms. The van der Waals surface area contributed by atoms with E-state index in [-0.39, 0.29) is 18.1 Å². The van der Waals surface area contributed by atoms with Crippen molar-refractivity contribution in [1.82, 2.24) is 4.90 Å². The zero-order valence-corrected chi connectivity index (χ0v) is 10.9. The fourth-order valence-electron chi connectivity index (χ4n) is 1.81. The van der Waals surface area contributed by atoms with Gasteiger partial charge in [-0.05, 0) is 18.8 Å². The van der Waals surface area contributed by atoms with E-state index >= 15 is 0 Å². The molecule has 0 N–H and O–H groups in total. The lowest BCUT2D eigenvalue weighted by atomic mass is 9.99. The highest BCUT2D eigenvalue weighted by molar-refractivity contribution is 7.92. The molecular formula is C11H18N2O3S. The molecule has 0 aromatic rings. The van der Waals surface area contributed by atoms with E-state index in [4.69, 9.17) is 5.26 Å². The molecule has 1 aliphatic heterocycles. The summed E-state index contributed by atoms with van der Waals surface area (Å²) in [5.74, 6) is -0.396. The Morgan fingerprint density at radius 1 is 1.41 bits per heavy atom. The molecule has 5 nitrogen and oxygen atoms in total. The van der Waals surface area contributed by atoms with E-state index in [0.717, 1.165) is 12.8 Å². The summed E-state index contributed by atoms with van der Waals surface area (Å²) in [5.41, 5.74) is 0. The molecule has 0 bridgehead atoms. The van der Waals surface area contributed by atoms with E-state index in [1.165, 1.54) is 0 Å². The van der Waals surface area contributed by atoms with E-state index in [9.17, 15) is 13.2 Å². The Kier molecular flexibility index (Phi) is 4.94. The van der Waals surface area contributed by atoms with Crippen molar-refractivity contribution in [2.45, 2.75) is 26.2 Å². The van der Waals surface area contributed by atoms with Gasteiger partial charge in [-0.1, -0.05) is 6.92 Å². The molecule has 1 aliphatic rings. The molecule has 1 heterocycles. The number of piperidine rings is 1. The number of carbonyl (C=O) groups is 1. The van der Waals surface area contributed by atoms with Gasteiger partial charge in [0.2, 0.25) is 5.91 Å². The first-order valence-corrected chi connectivity index (χ1v) is 7.62. The Balaban J connectivity index is 2.46. The van der Waals surface area contributed by atoms with Crippen LogP contribution in [0.3, 0.4) is 0 Å². The molecule has 0 radical (unpaired) electrons. The number of hydrogen-bond acceptors (Lipinski definition) is 4. The Labute approximate surface area is 102 Å². The predicted molar refractivity (Wildman–Crippen MR) is 63.9 cm³/mol. The van der Waals surface area contributed by atoms with Crippen LogP contribution in [0.25, 0.3) is 0 Å². The molecule has 0 aliphatic carbocycles. The SMILES string of the molecule is CC1CCN(C(=O)CS(=O)(=O)CCC#N)CC1. The third kappa shape index (κ3) is 4.73. The second-order valence-corrected chi connectivity index (χ2v) is 6.75. The molecule has 0 aromatic carbocycles. The maximum Gasteiger partial charge on any atom is 0.237 e. The summed E-state index contributed by atoms with van der Waals surface area (Å²) >= 11 is 0. The van der Waals surface area contributed by atoms with Crippen LogP contribution in [0, 0.1) is 17.2 Å². The zero-order valence-electron chi connectivity index (χ0n) is 10.1. The Bertz CT molecular complexity index is 403. The number of rotatable bonds is 4. The lowest BCUT2D eigenvalue weighted by Crippen LogP contribution is -2.41. The number of carbonyl (C=O) groups excluding carboxylic acids is 1. The molecule has 1 saturated heterocycles. The number of hydrogen-bond donors (Lipinski definition) is 0. The number of nitrogens with zero attached hydrogens (tertiary/aromatic N) is 2. The molecule has 0 atom stereocenters. The second-order valence-electron chi connectivity index (χ2n) is 4.56. The van der Waals surface area contributed by atoms with Crippen molar-refractivity contribution in [3.63, 3.8) is 0 Å². The van der Waals surface area contributed by atoms with Crippen molar-refractivity contribution in [2.75, 3.05) is 24.6 Å². The Morgan fingerprint density at radius 3 is 2.53 bits per heavy atom. The molecule has 0 unspecified atom stereocenters. The van der Waals surface area contributed by atoms with Crippen LogP contribution in [0.4, 0.5) is 0 Å². The van der Waals surface area contributed by atoms with Crippen LogP contribution in [-0.4, -0.2) is 43.8 Å². The van der Waals surface area contributed by atoms with Gasteiger partial charge in [0.05, 0.1) is 11.8 Å². The average Bonchev–Trinajstić information content (AvgIpc) is 2.26. The summed E-state index contributed by atoms with van der Waals surface area (Å²) in [6, 6.07) is 1.78. The first-order chi connectivity index (χ1) is 7.94. The quantitative estimate of drug-likeness (QED) is 0.738. The molecule has 0 aromatic heterocycles. The Hall–Kier alpha value is -1.09. The van der Waals surface area contributed by atoms with Crippen LogP contribution in [-0.2, 0) is 14.6 Å². The van der Waals surface area contributed by atoms with Crippen molar-refractivity contribution in [2.24, 2.45) is 5.92 Å². The van der Waals surface area contributed by atoms with Crippen LogP contribution < -0.4 is 0 Å². The highest BCUT2D eigenvalue weighted by Gasteiger charge is 2.24. The maximum atomic E-state index is 11.7. The lowest BCUT2D eigenvalue weighted by Gasteiger charge is -2.30. The summed E-state index contributed by atoms with van der Waals surface area (Å²) < 4.78 is 23.0. The normalized spacial score (nSPS) is 17.8. The van der Waals surface area contributed by atoms with Crippen molar-refractivity contribution in [1.29, 1.82) is 5.26 Å². The molecular weight excluding hydrogens is 240 g/mol. The molecule has 1 rings (SSSR count). The molecule has 1 amide bonds. The number of amides is 1. The molecule has 1 fully saturated rings. The minimum atomic E-state index is -3.42. The number of nitriles is 1. The topological polar surface area (TPSA) is 78.2 Å². The average molecular weight is 258 g/mol. The van der Waals surface area contributed by atoms with E-state index in [1.54, 1.807) is 11.0 Å². The largest absolute Gasteiger partial charge is 0.342 e. The zero-order chi connectivity index (χ0) is 12.9. The minimum Gasteiger partial charge on any atom is -0.342 e. The van der Waals surface area contributed by atoms with E-state index in [2.05, 4.69) is 6.92 Å². The van der Waals surface area contributed by atoms with Crippen molar-refractivity contribution >= 4 is 15.7 Å². The Morgan fingerprint density at radius 2 is 2.00 bits per heavy atom. The van der Waals surface area contributed by atoms with Crippen molar-refractivity contribution in [3.05, 3.63) is 0 Å². The van der Waals surface area contributed by atoms with Gasteiger partial charge in [-0.15, -0.1) is 0 Å². The van der Waals surface area contributed by atoms with Gasteiger partial charge in [0.15, 0.2) is 9.84 Å². The fraction of sp³-hybridized carbons (Fsp3) is 0.818. The number of sulfone groups is 1. The summed E-state index contributed by atoms with van der Waals surface area (Å²) in [6.45, 7) is 3.42. The van der Waals surface area contributed by atoms with Gasteiger partial charge >= 0.3 is 0 Å². The molecule has 96 valence electrons. The van der Waals surface area contributed by atoms with Crippen LogP contribution >= 0.6 is 0 Å². The van der Waals surface area contributed by atoms with Gasteiger partial charge in [-0.25, -0.2) is 8.42 Å². The molecule has 0 spiro atoms. The van der Waals surface area contributed by atoms with Crippen LogP contribution in [0.5, 0.6) is 0 Å². The van der Waals surface area contributed by atoms with Crippen molar-refractivity contribution < 1.29 is 13.2 Å². The van der Waals surface area contributed by atoms with Crippen molar-refractivity contribution in [3.8, 4) is 6.07 Å². The van der Waals surface area contributed by atoms with E-state index < -0.39 is 15.6 Å². The molecule has 6 heteroatoms. The van der Waals surface area contributed by atoms with Gasteiger partial charge in [-0.3, -0.25) is 4.79 Å². The van der Waals surface area contributed by atoms with Crippen LogP contribution in [0.15, 0.2) is 0 Å². The van der Waals surface area contributed by atoms with Gasteiger partial charge in [0.1, 0.15) is 5.75 Å². The number of likely N-dealkylation sites (tertiary alicyclic amines) is 1. The third-order valence-electron chi connectivity index (χ3n) is 3.00. The van der Waals surface area contributed by atoms with E-state index in [0.29, 0.717) is 19.0 Å². The summed E-state index contributed by atoms with van der Waals surface area (Å²) in [5, 5.41) is 8.33. The summed E-state index contributed by atoms with van der Waals surface area (Å²) in [7, 11) is -3.42. The summed E-state index contributed by atoms with van der Waals surface area (Å²) in [6.07, 6.45) is 1.82. The second kappa shape index (κ2) is 6.01. The highest BCUT2D eigenvalue weighted by atomic mass is 32.2. The predicted octanol–water partition coefficient (Wildman–Crippen LogP) is 0.573. The monoisotopic (exact) mass is 258 g/mol. The third-order valence-corrected chi connectivity index (χ3v) is 4.52. The van der Waals surface area contributed by atoms with E-state index in [1.807, 2.05) is 0 Å². The van der Waals surface area contributed by atoms with Crippen LogP contribution in [0.1, 0.15) is 26.2 Å². The van der Waals surface area contributed by atoms with Gasteiger partial charge < -0.3 is 4.90 Å². The standard InChI is InChI=1S/C11H18N2O3S/c1-10-3-6-13(7-4-10)11(14)9-17(15,16)8-2-5-12/h10H,2-4,6-9H2,1H3. The molecule has 0 saturated carbocycles. The maximum absolute atomic E-state index is 11.7. The smallest absolute Gasteiger partial charge is 0.237 e.